The number of nitrogens with zero attached hydrogens (tertiary/aromatic N) is 1. The molecule has 0 N–H and O–H groups in total. The molecule has 92 valence electrons. The van der Waals surface area contributed by atoms with Gasteiger partial charge in [0.15, 0.2) is 5.44 Å². The quantitative estimate of drug-likeness (QED) is 0.465. The number of rotatable bonds is 3. The average molecular weight is 257 g/mol. The van der Waals surface area contributed by atoms with E-state index in [4.69, 9.17) is 4.74 Å². The van der Waals surface area contributed by atoms with E-state index < -0.39 is 25.8 Å². The number of ether oxygens (including phenoxy) is 1. The van der Waals surface area contributed by atoms with Crippen LogP contribution in [0.25, 0.3) is 0 Å². The van der Waals surface area contributed by atoms with E-state index in [2.05, 4.69) is 0 Å². The molecule has 1 atom stereocenters. The van der Waals surface area contributed by atoms with Crippen molar-refractivity contribution in [3.63, 3.8) is 0 Å². The minimum atomic E-state index is -3.66. The van der Waals surface area contributed by atoms with Gasteiger partial charge in [-0.2, -0.15) is 0 Å². The second-order valence-corrected chi connectivity index (χ2v) is 6.34. The van der Waals surface area contributed by atoms with Crippen LogP contribution in [0.15, 0.2) is 29.2 Å². The van der Waals surface area contributed by atoms with Gasteiger partial charge < -0.3 is 4.74 Å². The summed E-state index contributed by atoms with van der Waals surface area (Å²) in [6, 6.07) is 4.98. The van der Waals surface area contributed by atoms with Crippen molar-refractivity contribution in [2.75, 3.05) is 0 Å². The first-order valence-electron chi connectivity index (χ1n) is 4.91. The van der Waals surface area contributed by atoms with Gasteiger partial charge >= 0.3 is 0 Å². The largest absolute Gasteiger partial charge is 0.349 e. The first kappa shape index (κ1) is 12.0. The Morgan fingerprint density at radius 1 is 1.41 bits per heavy atom. The van der Waals surface area contributed by atoms with Gasteiger partial charge in [-0.3, -0.25) is 10.1 Å². The molecule has 0 spiro atoms. The Morgan fingerprint density at radius 2 is 2.00 bits per heavy atom. The number of epoxide rings is 1. The Hall–Kier alpha value is -1.47. The van der Waals surface area contributed by atoms with Crippen molar-refractivity contribution in [1.29, 1.82) is 0 Å². The summed E-state index contributed by atoms with van der Waals surface area (Å²) >= 11 is 0. The number of hydrogen-bond acceptors (Lipinski definition) is 5. The molecule has 0 unspecified atom stereocenters. The lowest BCUT2D eigenvalue weighted by molar-refractivity contribution is -0.385. The first-order chi connectivity index (χ1) is 7.75. The van der Waals surface area contributed by atoms with E-state index in [9.17, 15) is 18.5 Å². The van der Waals surface area contributed by atoms with Gasteiger partial charge in [0.2, 0.25) is 9.84 Å². The summed E-state index contributed by atoms with van der Waals surface area (Å²) in [5.74, 6) is 0. The van der Waals surface area contributed by atoms with Gasteiger partial charge in [0.25, 0.3) is 5.69 Å². The Labute approximate surface area is 98.3 Å². The fraction of sp³-hybridized carbons (Fsp3) is 0.400. The summed E-state index contributed by atoms with van der Waals surface area (Å²) < 4.78 is 29.1. The zero-order valence-corrected chi connectivity index (χ0v) is 10.1. The van der Waals surface area contributed by atoms with Crippen LogP contribution in [0, 0.1) is 10.1 Å². The third kappa shape index (κ3) is 2.03. The smallest absolute Gasteiger partial charge is 0.270 e. The molecule has 0 saturated carbocycles. The molecule has 1 aliphatic heterocycles. The molecular weight excluding hydrogens is 246 g/mol. The van der Waals surface area contributed by atoms with Gasteiger partial charge in [-0.1, -0.05) is 6.07 Å². The molecule has 2 rings (SSSR count). The topological polar surface area (TPSA) is 89.8 Å². The van der Waals surface area contributed by atoms with Crippen molar-refractivity contribution in [3.05, 3.63) is 34.4 Å². The standard InChI is InChI=1S/C10H11NO5S/c1-10(2)9(16-10)17(14,15)8-5-3-4-7(6-8)11(12)13/h3-6,9H,1-2H3/t9-/m0/s1. The highest BCUT2D eigenvalue weighted by molar-refractivity contribution is 7.92. The summed E-state index contributed by atoms with van der Waals surface area (Å²) in [5.41, 5.74) is -1.88. The predicted octanol–water partition coefficient (Wildman–Crippen LogP) is 1.50. The SMILES string of the molecule is CC1(C)O[C@H]1S(=O)(=O)c1cccc([N+](=O)[O-])c1. The zero-order valence-electron chi connectivity index (χ0n) is 9.28. The molecule has 0 bridgehead atoms. The Bertz CT molecular complexity index is 578. The summed E-state index contributed by atoms with van der Waals surface area (Å²) in [4.78, 5) is 9.86. The minimum Gasteiger partial charge on any atom is -0.349 e. The molecular formula is C10H11NO5S. The molecule has 1 fully saturated rings. The fourth-order valence-electron chi connectivity index (χ4n) is 1.58. The summed E-state index contributed by atoms with van der Waals surface area (Å²) in [7, 11) is -3.66. The number of nitro benzene ring substituents is 1. The first-order valence-corrected chi connectivity index (χ1v) is 6.46. The Balaban J connectivity index is 2.41. The molecule has 0 radical (unpaired) electrons. The van der Waals surface area contributed by atoms with Crippen LogP contribution in [0.1, 0.15) is 13.8 Å². The third-order valence-electron chi connectivity index (χ3n) is 2.56. The maximum Gasteiger partial charge on any atom is 0.270 e. The number of non-ortho nitro benzene ring substituents is 1. The minimum absolute atomic E-state index is 0.0812. The summed E-state index contributed by atoms with van der Waals surface area (Å²) in [6.45, 7) is 3.32. The van der Waals surface area contributed by atoms with Crippen molar-refractivity contribution in [1.82, 2.24) is 0 Å². The third-order valence-corrected chi connectivity index (χ3v) is 4.70. The average Bonchev–Trinajstić information content (AvgIpc) is 2.89. The zero-order chi connectivity index (χ0) is 12.8. The number of benzene rings is 1. The van der Waals surface area contributed by atoms with Crippen LogP contribution in [0.5, 0.6) is 0 Å². The van der Waals surface area contributed by atoms with Gasteiger partial charge in [0, 0.05) is 12.1 Å². The predicted molar refractivity (Wildman–Crippen MR) is 59.2 cm³/mol. The van der Waals surface area contributed by atoms with Gasteiger partial charge in [-0.05, 0) is 19.9 Å². The number of hydrogen-bond donors (Lipinski definition) is 0. The van der Waals surface area contributed by atoms with Crippen LogP contribution in [0.2, 0.25) is 0 Å². The summed E-state index contributed by atoms with van der Waals surface area (Å²) in [6.07, 6.45) is 0. The molecule has 1 aromatic carbocycles. The van der Waals surface area contributed by atoms with Crippen LogP contribution in [0.4, 0.5) is 5.69 Å². The van der Waals surface area contributed by atoms with E-state index in [1.807, 2.05) is 0 Å². The van der Waals surface area contributed by atoms with E-state index in [0.717, 1.165) is 6.07 Å². The van der Waals surface area contributed by atoms with Crippen LogP contribution < -0.4 is 0 Å². The van der Waals surface area contributed by atoms with Gasteiger partial charge in [0.05, 0.1) is 9.82 Å². The second kappa shape index (κ2) is 3.51. The molecule has 17 heavy (non-hydrogen) atoms. The van der Waals surface area contributed by atoms with Crippen molar-refractivity contribution < 1.29 is 18.1 Å². The monoisotopic (exact) mass is 257 g/mol. The molecule has 0 aromatic heterocycles. The molecule has 1 aromatic rings. The van der Waals surface area contributed by atoms with Crippen molar-refractivity contribution in [2.45, 2.75) is 29.8 Å². The van der Waals surface area contributed by atoms with Gasteiger partial charge in [0.1, 0.15) is 5.60 Å². The molecule has 1 saturated heterocycles. The number of sulfone groups is 1. The van der Waals surface area contributed by atoms with Crippen LogP contribution in [-0.2, 0) is 14.6 Å². The maximum atomic E-state index is 12.0. The molecule has 0 aliphatic carbocycles. The highest BCUT2D eigenvalue weighted by Gasteiger charge is 2.57. The Kier molecular flexibility index (Phi) is 2.48. The Morgan fingerprint density at radius 3 is 2.47 bits per heavy atom. The maximum absolute atomic E-state index is 12.0. The highest BCUT2D eigenvalue weighted by Crippen LogP contribution is 2.42. The van der Waals surface area contributed by atoms with Crippen molar-refractivity contribution >= 4 is 15.5 Å². The van der Waals surface area contributed by atoms with Gasteiger partial charge in [-0.15, -0.1) is 0 Å². The lowest BCUT2D eigenvalue weighted by atomic mass is 10.3. The van der Waals surface area contributed by atoms with Crippen molar-refractivity contribution in [3.8, 4) is 0 Å². The van der Waals surface area contributed by atoms with E-state index in [1.165, 1.54) is 18.2 Å². The molecule has 6 nitrogen and oxygen atoms in total. The fourth-order valence-corrected chi connectivity index (χ4v) is 3.50. The summed E-state index contributed by atoms with van der Waals surface area (Å²) in [5, 5.41) is 10.6. The van der Waals surface area contributed by atoms with Crippen LogP contribution in [0.3, 0.4) is 0 Å². The van der Waals surface area contributed by atoms with E-state index >= 15 is 0 Å². The molecule has 0 amide bonds. The van der Waals surface area contributed by atoms with E-state index in [1.54, 1.807) is 13.8 Å². The lowest BCUT2D eigenvalue weighted by Gasteiger charge is -2.02. The van der Waals surface area contributed by atoms with E-state index in [0.29, 0.717) is 0 Å². The molecule has 1 heterocycles. The second-order valence-electron chi connectivity index (χ2n) is 4.35. The highest BCUT2D eigenvalue weighted by atomic mass is 32.2. The normalized spacial score (nSPS) is 22.1. The van der Waals surface area contributed by atoms with Crippen molar-refractivity contribution in [2.24, 2.45) is 0 Å². The lowest BCUT2D eigenvalue weighted by Crippen LogP contribution is -2.15. The van der Waals surface area contributed by atoms with E-state index in [-0.39, 0.29) is 10.6 Å². The van der Waals surface area contributed by atoms with Gasteiger partial charge in [-0.25, -0.2) is 8.42 Å². The number of nitro groups is 1. The molecule has 1 aliphatic rings. The van der Waals surface area contributed by atoms with Crippen LogP contribution >= 0.6 is 0 Å². The van der Waals surface area contributed by atoms with Crippen LogP contribution in [-0.4, -0.2) is 24.4 Å². The molecule has 7 heteroatoms.